The summed E-state index contributed by atoms with van der Waals surface area (Å²) < 4.78 is 5.37. The molecule has 1 aliphatic rings. The Balaban J connectivity index is 1.66. The molecule has 0 radical (unpaired) electrons. The lowest BCUT2D eigenvalue weighted by Gasteiger charge is -2.24. The first-order valence-electron chi connectivity index (χ1n) is 7.52. The van der Waals surface area contributed by atoms with E-state index >= 15 is 0 Å². The van der Waals surface area contributed by atoms with Crippen molar-refractivity contribution in [3.63, 3.8) is 0 Å². The van der Waals surface area contributed by atoms with Gasteiger partial charge in [-0.2, -0.15) is 0 Å². The summed E-state index contributed by atoms with van der Waals surface area (Å²) in [6, 6.07) is 13.3. The summed E-state index contributed by atoms with van der Waals surface area (Å²) in [5.74, 6) is 0. The molecule has 4 nitrogen and oxygen atoms in total. The van der Waals surface area contributed by atoms with Crippen molar-refractivity contribution in [2.75, 3.05) is 6.54 Å². The van der Waals surface area contributed by atoms with E-state index in [4.69, 9.17) is 16.3 Å². The van der Waals surface area contributed by atoms with Crippen LogP contribution >= 0.6 is 11.6 Å². The molecule has 0 aliphatic carbocycles. The van der Waals surface area contributed by atoms with Crippen molar-refractivity contribution >= 4 is 23.3 Å². The first kappa shape index (κ1) is 15.6. The Morgan fingerprint density at radius 1 is 1.22 bits per heavy atom. The molecule has 0 saturated heterocycles. The maximum absolute atomic E-state index is 12.2. The van der Waals surface area contributed by atoms with E-state index in [0.717, 1.165) is 29.7 Å². The molecule has 1 aromatic heterocycles. The normalized spacial score (nSPS) is 14.3. The Hall–Kier alpha value is -2.33. The number of carbonyl (C=O) groups excluding carboxylic acids is 1. The van der Waals surface area contributed by atoms with Crippen molar-refractivity contribution in [1.29, 1.82) is 0 Å². The van der Waals surface area contributed by atoms with Crippen LogP contribution in [0.25, 0.3) is 5.57 Å². The van der Waals surface area contributed by atoms with Gasteiger partial charge in [-0.25, -0.2) is 4.79 Å². The van der Waals surface area contributed by atoms with Gasteiger partial charge in [0.1, 0.15) is 6.61 Å². The van der Waals surface area contributed by atoms with Crippen molar-refractivity contribution in [1.82, 2.24) is 9.88 Å². The molecule has 2 aromatic rings. The van der Waals surface area contributed by atoms with Gasteiger partial charge in [-0.05, 0) is 36.1 Å². The molecule has 0 unspecified atom stereocenters. The molecule has 5 heteroatoms. The number of nitrogens with zero attached hydrogens (tertiary/aromatic N) is 2. The summed E-state index contributed by atoms with van der Waals surface area (Å²) in [6.45, 7) is 0.934. The average molecular weight is 329 g/mol. The van der Waals surface area contributed by atoms with Gasteiger partial charge < -0.3 is 4.74 Å². The maximum atomic E-state index is 12.2. The second-order valence-electron chi connectivity index (χ2n) is 5.35. The molecule has 1 aromatic carbocycles. The molecule has 2 heterocycles. The first-order valence-corrected chi connectivity index (χ1v) is 7.90. The number of hydrogen-bond donors (Lipinski definition) is 0. The summed E-state index contributed by atoms with van der Waals surface area (Å²) in [5, 5.41) is 0.601. The third-order valence-corrected chi connectivity index (χ3v) is 3.88. The second kappa shape index (κ2) is 7.29. The van der Waals surface area contributed by atoms with E-state index in [2.05, 4.69) is 4.98 Å². The molecule has 0 atom stereocenters. The van der Waals surface area contributed by atoms with Crippen LogP contribution in [-0.2, 0) is 11.3 Å². The Bertz CT molecular complexity index is 699. The van der Waals surface area contributed by atoms with Crippen molar-refractivity contribution in [2.24, 2.45) is 0 Å². The zero-order valence-corrected chi connectivity index (χ0v) is 13.4. The van der Waals surface area contributed by atoms with E-state index in [1.807, 2.05) is 42.6 Å². The number of ether oxygens (including phenoxy) is 1. The molecule has 0 fully saturated rings. The van der Waals surface area contributed by atoms with Gasteiger partial charge >= 0.3 is 6.09 Å². The van der Waals surface area contributed by atoms with E-state index in [-0.39, 0.29) is 12.7 Å². The van der Waals surface area contributed by atoms with Crippen LogP contribution in [0.1, 0.15) is 24.1 Å². The minimum Gasteiger partial charge on any atom is -0.444 e. The monoisotopic (exact) mass is 328 g/mol. The average Bonchev–Trinajstić information content (AvgIpc) is 2.61. The van der Waals surface area contributed by atoms with Gasteiger partial charge in [0.15, 0.2) is 0 Å². The first-order chi connectivity index (χ1) is 11.2. The predicted octanol–water partition coefficient (Wildman–Crippen LogP) is 4.51. The van der Waals surface area contributed by atoms with E-state index in [1.54, 1.807) is 17.2 Å². The van der Waals surface area contributed by atoms with Crippen LogP contribution in [0.5, 0.6) is 0 Å². The highest BCUT2D eigenvalue weighted by Crippen LogP contribution is 2.24. The van der Waals surface area contributed by atoms with Crippen LogP contribution < -0.4 is 0 Å². The van der Waals surface area contributed by atoms with Crippen LogP contribution in [0, 0.1) is 0 Å². The lowest BCUT2D eigenvalue weighted by Crippen LogP contribution is -2.30. The molecule has 23 heavy (non-hydrogen) atoms. The summed E-state index contributed by atoms with van der Waals surface area (Å²) in [5.41, 5.74) is 2.83. The van der Waals surface area contributed by atoms with Crippen molar-refractivity contribution in [3.8, 4) is 0 Å². The summed E-state index contributed by atoms with van der Waals surface area (Å²) in [6.07, 6.45) is 4.88. The van der Waals surface area contributed by atoms with Crippen molar-refractivity contribution in [2.45, 2.75) is 19.4 Å². The summed E-state index contributed by atoms with van der Waals surface area (Å²) >= 11 is 5.86. The van der Waals surface area contributed by atoms with Gasteiger partial charge in [-0.3, -0.25) is 9.88 Å². The molecule has 0 saturated carbocycles. The van der Waals surface area contributed by atoms with Crippen LogP contribution in [-0.4, -0.2) is 22.5 Å². The second-order valence-corrected chi connectivity index (χ2v) is 5.79. The lowest BCUT2D eigenvalue weighted by atomic mass is 10.0. The predicted molar refractivity (Wildman–Crippen MR) is 89.8 cm³/mol. The van der Waals surface area contributed by atoms with Crippen molar-refractivity contribution < 1.29 is 9.53 Å². The zero-order valence-electron chi connectivity index (χ0n) is 12.6. The number of amides is 1. The number of rotatable bonds is 3. The van der Waals surface area contributed by atoms with Crippen LogP contribution in [0.2, 0.25) is 5.02 Å². The quantitative estimate of drug-likeness (QED) is 0.832. The minimum atomic E-state index is -0.333. The highest BCUT2D eigenvalue weighted by Gasteiger charge is 2.19. The van der Waals surface area contributed by atoms with Crippen LogP contribution in [0.4, 0.5) is 4.79 Å². The van der Waals surface area contributed by atoms with Gasteiger partial charge in [0.25, 0.3) is 0 Å². The van der Waals surface area contributed by atoms with Gasteiger partial charge in [-0.1, -0.05) is 41.9 Å². The number of benzene rings is 1. The molecule has 118 valence electrons. The van der Waals surface area contributed by atoms with E-state index < -0.39 is 0 Å². The highest BCUT2D eigenvalue weighted by atomic mass is 35.5. The zero-order chi connectivity index (χ0) is 16.1. The third-order valence-electron chi connectivity index (χ3n) is 3.65. The number of halogens is 1. The highest BCUT2D eigenvalue weighted by molar-refractivity contribution is 6.30. The summed E-state index contributed by atoms with van der Waals surface area (Å²) in [7, 11) is 0. The molecular weight excluding hydrogens is 312 g/mol. The molecule has 0 bridgehead atoms. The van der Waals surface area contributed by atoms with E-state index in [0.29, 0.717) is 11.6 Å². The van der Waals surface area contributed by atoms with Gasteiger partial charge in [0, 0.05) is 18.9 Å². The van der Waals surface area contributed by atoms with E-state index in [9.17, 15) is 4.79 Å². The maximum Gasteiger partial charge on any atom is 0.414 e. The Kier molecular flexibility index (Phi) is 4.93. The van der Waals surface area contributed by atoms with Gasteiger partial charge in [0.2, 0.25) is 0 Å². The molecule has 1 amide bonds. The number of aromatic nitrogens is 1. The van der Waals surface area contributed by atoms with Crippen molar-refractivity contribution in [3.05, 3.63) is 71.1 Å². The molecule has 0 N–H and O–H groups in total. The van der Waals surface area contributed by atoms with Crippen LogP contribution in [0.15, 0.2) is 54.9 Å². The fourth-order valence-corrected chi connectivity index (χ4v) is 2.58. The van der Waals surface area contributed by atoms with Gasteiger partial charge in [-0.15, -0.1) is 0 Å². The molecule has 0 spiro atoms. The fourth-order valence-electron chi connectivity index (χ4n) is 2.46. The Morgan fingerprint density at radius 3 is 2.78 bits per heavy atom. The Morgan fingerprint density at radius 2 is 2.04 bits per heavy atom. The van der Waals surface area contributed by atoms with E-state index in [1.165, 1.54) is 0 Å². The summed E-state index contributed by atoms with van der Waals surface area (Å²) in [4.78, 5) is 18.1. The number of hydrogen-bond acceptors (Lipinski definition) is 3. The fraction of sp³-hybridized carbons (Fsp3) is 0.222. The molecular formula is C18H17ClN2O2. The SMILES string of the molecule is O=C(OCc1ccccc1)N1C=C(c2ccc(Cl)cn2)CCC1. The minimum absolute atomic E-state index is 0.276. The third kappa shape index (κ3) is 4.11. The number of pyridine rings is 1. The molecule has 3 rings (SSSR count). The molecule has 1 aliphatic heterocycles. The topological polar surface area (TPSA) is 42.4 Å². The largest absolute Gasteiger partial charge is 0.444 e. The van der Waals surface area contributed by atoms with Gasteiger partial charge in [0.05, 0.1) is 10.7 Å². The number of allylic oxidation sites excluding steroid dienone is 1. The number of carbonyl (C=O) groups is 1. The Labute approximate surface area is 140 Å². The smallest absolute Gasteiger partial charge is 0.414 e. The van der Waals surface area contributed by atoms with Crippen LogP contribution in [0.3, 0.4) is 0 Å². The lowest BCUT2D eigenvalue weighted by molar-refractivity contribution is 0.109. The standard InChI is InChI=1S/C18H17ClN2O2/c19-16-8-9-17(20-11-16)15-7-4-10-21(12-15)18(22)23-13-14-5-2-1-3-6-14/h1-3,5-6,8-9,11-12H,4,7,10,13H2.